The van der Waals surface area contributed by atoms with Crippen molar-refractivity contribution in [1.82, 2.24) is 14.9 Å². The molecule has 2 rings (SSSR count). The van der Waals surface area contributed by atoms with Crippen molar-refractivity contribution in [2.45, 2.75) is 52.0 Å². The van der Waals surface area contributed by atoms with Crippen LogP contribution in [0.2, 0.25) is 0 Å². The molecule has 1 atom stereocenters. The van der Waals surface area contributed by atoms with Gasteiger partial charge >= 0.3 is 0 Å². The number of hydrogen-bond acceptors (Lipinski definition) is 3. The highest BCUT2D eigenvalue weighted by Gasteiger charge is 2.22. The predicted molar refractivity (Wildman–Crippen MR) is 99.0 cm³/mol. The Morgan fingerprint density at radius 2 is 1.96 bits per heavy atom. The minimum Gasteiger partial charge on any atom is -0.358 e. The average Bonchev–Trinajstić information content (AvgIpc) is 2.63. The minimum absolute atomic E-state index is 0.0838. The summed E-state index contributed by atoms with van der Waals surface area (Å²) in [6, 6.07) is 7.01. The summed E-state index contributed by atoms with van der Waals surface area (Å²) in [6.07, 6.45) is 4.74. The molecule has 1 amide bonds. The van der Waals surface area contributed by atoms with Gasteiger partial charge in [-0.2, -0.15) is 0 Å². The van der Waals surface area contributed by atoms with Gasteiger partial charge in [-0.3, -0.25) is 9.59 Å². The third-order valence-corrected chi connectivity index (χ3v) is 4.52. The first-order valence-electron chi connectivity index (χ1n) is 9.16. The minimum atomic E-state index is -0.252. The van der Waals surface area contributed by atoms with Crippen LogP contribution in [0.25, 0.3) is 10.9 Å². The first kappa shape index (κ1) is 19.1. The molecule has 0 fully saturated rings. The molecule has 0 aliphatic heterocycles. The van der Waals surface area contributed by atoms with Gasteiger partial charge in [0.2, 0.25) is 5.91 Å². The highest BCUT2D eigenvalue weighted by Crippen LogP contribution is 2.19. The van der Waals surface area contributed by atoms with Crippen molar-refractivity contribution in [3.05, 3.63) is 40.4 Å². The van der Waals surface area contributed by atoms with E-state index < -0.39 is 0 Å². The molecule has 4 N–H and O–H groups in total. The van der Waals surface area contributed by atoms with Gasteiger partial charge in [0, 0.05) is 13.0 Å². The van der Waals surface area contributed by atoms with Gasteiger partial charge in [0.05, 0.1) is 23.5 Å². The van der Waals surface area contributed by atoms with Crippen molar-refractivity contribution in [2.75, 3.05) is 13.1 Å². The predicted octanol–water partition coefficient (Wildman–Crippen LogP) is 2.02. The second-order valence-corrected chi connectivity index (χ2v) is 6.35. The molecule has 0 bridgehead atoms. The number of nitrogens with one attached hydrogen (secondary N) is 1. The van der Waals surface area contributed by atoms with E-state index >= 15 is 0 Å². The first-order valence-corrected chi connectivity index (χ1v) is 9.16. The molecule has 0 unspecified atom stereocenters. The van der Waals surface area contributed by atoms with Crippen LogP contribution in [0.5, 0.6) is 0 Å². The van der Waals surface area contributed by atoms with E-state index in [4.69, 9.17) is 0 Å². The Hall–Kier alpha value is -2.21. The number of carbonyl (C=O) groups excluding carboxylic acids is 1. The van der Waals surface area contributed by atoms with Crippen LogP contribution in [0, 0.1) is 0 Å². The van der Waals surface area contributed by atoms with Gasteiger partial charge in [-0.15, -0.1) is 0 Å². The summed E-state index contributed by atoms with van der Waals surface area (Å²) in [6.45, 7) is 5.43. The molecule has 6 nitrogen and oxygen atoms in total. The lowest BCUT2D eigenvalue weighted by Crippen LogP contribution is -2.50. The summed E-state index contributed by atoms with van der Waals surface area (Å²) in [5.74, 6) is 0.628. The highest BCUT2D eigenvalue weighted by molar-refractivity contribution is 5.78. The Balaban J connectivity index is 2.19. The van der Waals surface area contributed by atoms with Crippen LogP contribution in [0.4, 0.5) is 0 Å². The summed E-state index contributed by atoms with van der Waals surface area (Å²) in [7, 11) is 0. The molecule has 0 aliphatic carbocycles. The van der Waals surface area contributed by atoms with Crippen molar-refractivity contribution in [2.24, 2.45) is 0 Å². The summed E-state index contributed by atoms with van der Waals surface area (Å²) in [5.41, 5.74) is 4.35. The van der Waals surface area contributed by atoms with Crippen LogP contribution in [-0.4, -0.2) is 33.9 Å². The van der Waals surface area contributed by atoms with E-state index in [0.29, 0.717) is 29.7 Å². The molecule has 0 radical (unpaired) electrons. The fourth-order valence-electron chi connectivity index (χ4n) is 3.00. The Morgan fingerprint density at radius 1 is 1.24 bits per heavy atom. The Labute approximate surface area is 148 Å². The van der Waals surface area contributed by atoms with E-state index in [1.165, 1.54) is 0 Å². The third-order valence-electron chi connectivity index (χ3n) is 4.52. The number of amides is 1. The zero-order valence-electron chi connectivity index (χ0n) is 15.3. The molecule has 2 aromatic rings. The number of benzene rings is 1. The van der Waals surface area contributed by atoms with Crippen LogP contribution in [0.1, 0.15) is 57.8 Å². The molecule has 0 saturated carbocycles. The standard InChI is InChI=1S/C19H28N4O2/c1-3-17(24)23(13-9-5-4-8-12-20)14(2)18-21-16-11-7-6-10-15(16)19(25)22-18/h6-7,10-11,14H,3-5,8-9,12-13,20H2,1-2H3,(H,21,22,25)/p+1/t14-/m0/s1. The van der Waals surface area contributed by atoms with Crippen molar-refractivity contribution in [1.29, 1.82) is 0 Å². The van der Waals surface area contributed by atoms with E-state index in [2.05, 4.69) is 15.7 Å². The lowest BCUT2D eigenvalue weighted by atomic mass is 10.1. The molecule has 136 valence electrons. The van der Waals surface area contributed by atoms with Crippen LogP contribution in [0.3, 0.4) is 0 Å². The molecule has 1 aromatic carbocycles. The van der Waals surface area contributed by atoms with Crippen molar-refractivity contribution in [3.8, 4) is 0 Å². The average molecular weight is 345 g/mol. The Morgan fingerprint density at radius 3 is 2.68 bits per heavy atom. The number of carbonyl (C=O) groups is 1. The molecule has 25 heavy (non-hydrogen) atoms. The number of hydrogen-bond donors (Lipinski definition) is 2. The van der Waals surface area contributed by atoms with E-state index in [1.807, 2.05) is 36.9 Å². The van der Waals surface area contributed by atoms with Gasteiger partial charge in [0.25, 0.3) is 5.56 Å². The fourth-order valence-corrected chi connectivity index (χ4v) is 3.00. The van der Waals surface area contributed by atoms with Gasteiger partial charge in [-0.25, -0.2) is 4.98 Å². The van der Waals surface area contributed by atoms with Crippen LogP contribution in [0.15, 0.2) is 29.1 Å². The molecule has 1 aromatic heterocycles. The zero-order chi connectivity index (χ0) is 18.2. The molecular weight excluding hydrogens is 316 g/mol. The van der Waals surface area contributed by atoms with Gasteiger partial charge in [-0.05, 0) is 38.3 Å². The number of aromatic nitrogens is 2. The van der Waals surface area contributed by atoms with E-state index in [9.17, 15) is 9.59 Å². The maximum Gasteiger partial charge on any atom is 0.258 e. The maximum atomic E-state index is 12.4. The zero-order valence-corrected chi connectivity index (χ0v) is 15.3. The third kappa shape index (κ3) is 4.89. The Bertz CT molecular complexity index is 756. The largest absolute Gasteiger partial charge is 0.358 e. The second kappa shape index (κ2) is 9.32. The van der Waals surface area contributed by atoms with Crippen molar-refractivity contribution in [3.63, 3.8) is 0 Å². The smallest absolute Gasteiger partial charge is 0.258 e. The van der Waals surface area contributed by atoms with Crippen LogP contribution < -0.4 is 11.3 Å². The first-order chi connectivity index (χ1) is 12.1. The van der Waals surface area contributed by atoms with E-state index in [-0.39, 0.29) is 17.5 Å². The topological polar surface area (TPSA) is 93.7 Å². The van der Waals surface area contributed by atoms with Crippen molar-refractivity contribution >= 4 is 16.8 Å². The molecule has 0 spiro atoms. The lowest BCUT2D eigenvalue weighted by Gasteiger charge is -2.28. The maximum absolute atomic E-state index is 12.4. The number of para-hydroxylation sites is 1. The second-order valence-electron chi connectivity index (χ2n) is 6.35. The Kier molecular flexibility index (Phi) is 7.13. The molecule has 0 saturated heterocycles. The quantitative estimate of drug-likeness (QED) is 0.681. The summed E-state index contributed by atoms with van der Waals surface area (Å²) < 4.78 is 0. The number of quaternary nitrogens is 1. The monoisotopic (exact) mass is 345 g/mol. The van der Waals surface area contributed by atoms with Gasteiger partial charge in [0.1, 0.15) is 5.82 Å². The molecule has 1 heterocycles. The lowest BCUT2D eigenvalue weighted by molar-refractivity contribution is -0.368. The molecule has 6 heteroatoms. The summed E-state index contributed by atoms with van der Waals surface area (Å²) in [5, 5.41) is 0.569. The molecule has 0 aliphatic rings. The summed E-state index contributed by atoms with van der Waals surface area (Å²) >= 11 is 0. The fraction of sp³-hybridized carbons (Fsp3) is 0.526. The number of aromatic amines is 1. The number of unbranched alkanes of at least 4 members (excludes halogenated alkanes) is 3. The summed E-state index contributed by atoms with van der Waals surface area (Å²) in [4.78, 5) is 33.9. The van der Waals surface area contributed by atoms with Crippen LogP contribution in [-0.2, 0) is 4.79 Å². The number of fused-ring (bicyclic) bond motifs is 1. The van der Waals surface area contributed by atoms with Crippen LogP contribution >= 0.6 is 0 Å². The van der Waals surface area contributed by atoms with Crippen molar-refractivity contribution < 1.29 is 10.5 Å². The highest BCUT2D eigenvalue weighted by atomic mass is 16.2. The number of nitrogens with zero attached hydrogens (tertiary/aromatic N) is 2. The normalized spacial score (nSPS) is 12.3. The van der Waals surface area contributed by atoms with E-state index in [0.717, 1.165) is 32.2 Å². The van der Waals surface area contributed by atoms with E-state index in [1.54, 1.807) is 6.07 Å². The van der Waals surface area contributed by atoms with Gasteiger partial charge in [-0.1, -0.05) is 25.5 Å². The van der Waals surface area contributed by atoms with Gasteiger partial charge < -0.3 is 15.6 Å². The number of rotatable bonds is 9. The number of H-pyrrole nitrogens is 1. The SMILES string of the molecule is CCC(=O)N(CCCCCC[NH3+])[C@@H](C)c1nc2ccccc2c(=O)[nH]1. The molecular formula is C19H29N4O2+. The van der Waals surface area contributed by atoms with Gasteiger partial charge in [0.15, 0.2) is 0 Å².